The number of benzene rings is 1. The average Bonchev–Trinajstić information content (AvgIpc) is 2.65. The van der Waals surface area contributed by atoms with E-state index in [1.807, 2.05) is 42.1 Å². The van der Waals surface area contributed by atoms with Gasteiger partial charge >= 0.3 is 0 Å². The Morgan fingerprint density at radius 2 is 2.00 bits per heavy atom. The Morgan fingerprint density at radius 3 is 2.50 bits per heavy atom. The van der Waals surface area contributed by atoms with Gasteiger partial charge in [-0.3, -0.25) is 4.79 Å². The fraction of sp³-hybridized carbons (Fsp3) is 0.167. The number of rotatable bonds is 2. The molecular formula is C12H13N3O. The van der Waals surface area contributed by atoms with E-state index in [2.05, 4.69) is 10.3 Å². The molecule has 0 saturated carbocycles. The maximum atomic E-state index is 10.8. The second kappa shape index (κ2) is 4.18. The fourth-order valence-electron chi connectivity index (χ4n) is 1.49. The molecule has 1 amide bonds. The molecule has 0 spiro atoms. The first-order valence-electron chi connectivity index (χ1n) is 5.01. The predicted molar refractivity (Wildman–Crippen MR) is 62.9 cm³/mol. The molecular weight excluding hydrogens is 202 g/mol. The third-order valence-corrected chi connectivity index (χ3v) is 2.21. The van der Waals surface area contributed by atoms with Crippen LogP contribution in [0.4, 0.5) is 5.69 Å². The van der Waals surface area contributed by atoms with E-state index < -0.39 is 0 Å². The van der Waals surface area contributed by atoms with Gasteiger partial charge in [0.1, 0.15) is 0 Å². The second-order valence-electron chi connectivity index (χ2n) is 3.68. The first-order valence-corrected chi connectivity index (χ1v) is 5.01. The lowest BCUT2D eigenvalue weighted by molar-refractivity contribution is -0.114. The Hall–Kier alpha value is -2.10. The Labute approximate surface area is 93.9 Å². The summed E-state index contributed by atoms with van der Waals surface area (Å²) in [6, 6.07) is 7.61. The molecule has 4 nitrogen and oxygen atoms in total. The van der Waals surface area contributed by atoms with Gasteiger partial charge in [-0.25, -0.2) is 4.98 Å². The molecule has 82 valence electrons. The molecule has 4 heteroatoms. The van der Waals surface area contributed by atoms with Gasteiger partial charge in [0.05, 0.1) is 12.0 Å². The molecule has 16 heavy (non-hydrogen) atoms. The molecule has 1 aromatic carbocycles. The van der Waals surface area contributed by atoms with Crippen LogP contribution in [-0.2, 0) is 11.8 Å². The van der Waals surface area contributed by atoms with Crippen LogP contribution in [-0.4, -0.2) is 15.5 Å². The number of nitrogens with one attached hydrogen (secondary N) is 1. The number of amides is 1. The summed E-state index contributed by atoms with van der Waals surface area (Å²) in [6.07, 6.45) is 3.71. The van der Waals surface area contributed by atoms with E-state index in [1.165, 1.54) is 6.92 Å². The molecule has 0 aliphatic heterocycles. The van der Waals surface area contributed by atoms with Crippen molar-refractivity contribution in [1.29, 1.82) is 0 Å². The van der Waals surface area contributed by atoms with Crippen LogP contribution in [0.5, 0.6) is 0 Å². The predicted octanol–water partition coefficient (Wildman–Crippen LogP) is 2.05. The van der Waals surface area contributed by atoms with E-state index in [0.717, 1.165) is 16.9 Å². The summed E-state index contributed by atoms with van der Waals surface area (Å²) in [5.74, 6) is -0.0643. The lowest BCUT2D eigenvalue weighted by Gasteiger charge is -2.02. The van der Waals surface area contributed by atoms with Crippen LogP contribution < -0.4 is 5.32 Å². The average molecular weight is 215 g/mol. The van der Waals surface area contributed by atoms with Crippen LogP contribution in [0.25, 0.3) is 11.3 Å². The highest BCUT2D eigenvalue weighted by atomic mass is 16.1. The van der Waals surface area contributed by atoms with Crippen LogP contribution in [0, 0.1) is 0 Å². The third kappa shape index (κ3) is 2.28. The van der Waals surface area contributed by atoms with Gasteiger partial charge in [0.15, 0.2) is 0 Å². The van der Waals surface area contributed by atoms with E-state index in [1.54, 1.807) is 6.33 Å². The summed E-state index contributed by atoms with van der Waals surface area (Å²) in [5, 5.41) is 2.72. The van der Waals surface area contributed by atoms with Gasteiger partial charge in [-0.05, 0) is 12.1 Å². The first-order chi connectivity index (χ1) is 7.65. The molecule has 0 bridgehead atoms. The van der Waals surface area contributed by atoms with Gasteiger partial charge in [-0.15, -0.1) is 0 Å². The molecule has 0 aliphatic carbocycles. The molecule has 2 aromatic rings. The second-order valence-corrected chi connectivity index (χ2v) is 3.68. The first kappa shape index (κ1) is 10.4. The van der Waals surface area contributed by atoms with Crippen molar-refractivity contribution in [3.63, 3.8) is 0 Å². The van der Waals surface area contributed by atoms with E-state index in [-0.39, 0.29) is 5.91 Å². The quantitative estimate of drug-likeness (QED) is 0.833. The number of carbonyl (C=O) groups excluding carboxylic acids is 1. The number of imidazole rings is 1. The SMILES string of the molecule is CC(=O)Nc1ccc(-c2cn(C)cn2)cc1. The van der Waals surface area contributed by atoms with E-state index in [9.17, 15) is 4.79 Å². The summed E-state index contributed by atoms with van der Waals surface area (Å²) in [6.45, 7) is 1.49. The summed E-state index contributed by atoms with van der Waals surface area (Å²) in [7, 11) is 1.93. The molecule has 1 N–H and O–H groups in total. The minimum absolute atomic E-state index is 0.0643. The minimum Gasteiger partial charge on any atom is -0.340 e. The highest BCUT2D eigenvalue weighted by molar-refractivity contribution is 5.88. The number of carbonyl (C=O) groups is 1. The zero-order valence-electron chi connectivity index (χ0n) is 9.27. The molecule has 0 saturated heterocycles. The summed E-state index contributed by atoms with van der Waals surface area (Å²) in [4.78, 5) is 15.1. The number of hydrogen-bond donors (Lipinski definition) is 1. The number of aromatic nitrogens is 2. The Morgan fingerprint density at radius 1 is 1.31 bits per heavy atom. The highest BCUT2D eigenvalue weighted by Crippen LogP contribution is 2.19. The van der Waals surface area contributed by atoms with Crippen LogP contribution in [0.3, 0.4) is 0 Å². The Bertz CT molecular complexity index is 499. The Balaban J connectivity index is 2.22. The molecule has 0 radical (unpaired) electrons. The largest absolute Gasteiger partial charge is 0.340 e. The summed E-state index contributed by atoms with van der Waals surface area (Å²) < 4.78 is 1.90. The van der Waals surface area contributed by atoms with E-state index in [0.29, 0.717) is 0 Å². The van der Waals surface area contributed by atoms with Crippen LogP contribution in [0.2, 0.25) is 0 Å². The van der Waals surface area contributed by atoms with E-state index >= 15 is 0 Å². The zero-order chi connectivity index (χ0) is 11.5. The topological polar surface area (TPSA) is 46.9 Å². The van der Waals surface area contributed by atoms with Crippen molar-refractivity contribution in [3.8, 4) is 11.3 Å². The Kier molecular flexibility index (Phi) is 2.72. The number of hydrogen-bond acceptors (Lipinski definition) is 2. The normalized spacial score (nSPS) is 10.1. The molecule has 1 heterocycles. The number of nitrogens with zero attached hydrogens (tertiary/aromatic N) is 2. The van der Waals surface area contributed by atoms with Crippen molar-refractivity contribution < 1.29 is 4.79 Å². The molecule has 2 rings (SSSR count). The molecule has 0 unspecified atom stereocenters. The summed E-state index contributed by atoms with van der Waals surface area (Å²) in [5.41, 5.74) is 2.76. The van der Waals surface area contributed by atoms with Crippen molar-refractivity contribution in [2.75, 3.05) is 5.32 Å². The van der Waals surface area contributed by atoms with Crippen LogP contribution in [0.1, 0.15) is 6.92 Å². The number of aryl methyl sites for hydroxylation is 1. The van der Waals surface area contributed by atoms with Crippen molar-refractivity contribution in [3.05, 3.63) is 36.8 Å². The third-order valence-electron chi connectivity index (χ3n) is 2.21. The monoisotopic (exact) mass is 215 g/mol. The highest BCUT2D eigenvalue weighted by Gasteiger charge is 2.01. The lowest BCUT2D eigenvalue weighted by Crippen LogP contribution is -2.05. The van der Waals surface area contributed by atoms with Gasteiger partial charge in [0, 0.05) is 31.4 Å². The van der Waals surface area contributed by atoms with Gasteiger partial charge in [0.2, 0.25) is 5.91 Å². The molecule has 0 atom stereocenters. The van der Waals surface area contributed by atoms with Gasteiger partial charge in [-0.2, -0.15) is 0 Å². The van der Waals surface area contributed by atoms with Crippen LogP contribution in [0.15, 0.2) is 36.8 Å². The molecule has 0 aliphatic rings. The smallest absolute Gasteiger partial charge is 0.221 e. The standard InChI is InChI=1S/C12H13N3O/c1-9(16)14-11-5-3-10(4-6-11)12-7-15(2)8-13-12/h3-8H,1-2H3,(H,14,16). The maximum absolute atomic E-state index is 10.8. The van der Waals surface area contributed by atoms with E-state index in [4.69, 9.17) is 0 Å². The van der Waals surface area contributed by atoms with Crippen LogP contribution >= 0.6 is 0 Å². The minimum atomic E-state index is -0.0643. The van der Waals surface area contributed by atoms with Gasteiger partial charge < -0.3 is 9.88 Å². The van der Waals surface area contributed by atoms with Crippen molar-refractivity contribution in [2.45, 2.75) is 6.92 Å². The van der Waals surface area contributed by atoms with Crippen molar-refractivity contribution in [2.24, 2.45) is 7.05 Å². The molecule has 1 aromatic heterocycles. The fourth-order valence-corrected chi connectivity index (χ4v) is 1.49. The lowest BCUT2D eigenvalue weighted by atomic mass is 10.1. The number of anilines is 1. The van der Waals surface area contributed by atoms with Gasteiger partial charge in [0.25, 0.3) is 0 Å². The zero-order valence-corrected chi connectivity index (χ0v) is 9.27. The van der Waals surface area contributed by atoms with Crippen molar-refractivity contribution in [1.82, 2.24) is 9.55 Å². The summed E-state index contributed by atoms with van der Waals surface area (Å²) >= 11 is 0. The van der Waals surface area contributed by atoms with Crippen molar-refractivity contribution >= 4 is 11.6 Å². The maximum Gasteiger partial charge on any atom is 0.221 e. The van der Waals surface area contributed by atoms with Gasteiger partial charge in [-0.1, -0.05) is 12.1 Å². The molecule has 0 fully saturated rings.